The lowest BCUT2D eigenvalue weighted by Gasteiger charge is -2.29. The molecule has 37 heavy (non-hydrogen) atoms. The van der Waals surface area contributed by atoms with Crippen LogP contribution in [0.3, 0.4) is 0 Å². The molecule has 1 fully saturated rings. The number of carbonyl (C=O) groups excluding carboxylic acids is 4. The van der Waals surface area contributed by atoms with Crippen LogP contribution in [0.2, 0.25) is 0 Å². The van der Waals surface area contributed by atoms with Crippen molar-refractivity contribution in [2.45, 2.75) is 45.4 Å². The van der Waals surface area contributed by atoms with Crippen molar-refractivity contribution in [2.75, 3.05) is 13.7 Å². The van der Waals surface area contributed by atoms with Crippen molar-refractivity contribution < 1.29 is 43.2 Å². The maximum absolute atomic E-state index is 13.2. The monoisotopic (exact) mass is 515 g/mol. The minimum absolute atomic E-state index is 0.00490. The summed E-state index contributed by atoms with van der Waals surface area (Å²) in [6.45, 7) is 4.20. The van der Waals surface area contributed by atoms with Gasteiger partial charge in [0.15, 0.2) is 29.3 Å². The standard InChI is InChI=1S/C25H29N3O9/c1-13(2)23(31)37-21-14(3)36-25(33)17(28-22(30)19-20(29)18(34-4)7-9-27-19)12-35-24(32)16(21)10-15-6-5-8-26-11-15/h5-9,11,13-14,16-17,21,29H,10,12H2,1-4H3,(H,28,30)/t14-,16+,17-,21-/m0/s1. The zero-order valence-corrected chi connectivity index (χ0v) is 20.9. The van der Waals surface area contributed by atoms with E-state index < -0.39 is 72.0 Å². The molecule has 0 radical (unpaired) electrons. The van der Waals surface area contributed by atoms with Gasteiger partial charge in [0.2, 0.25) is 0 Å². The fourth-order valence-corrected chi connectivity index (χ4v) is 3.65. The molecule has 0 saturated carbocycles. The zero-order valence-electron chi connectivity index (χ0n) is 20.9. The molecular weight excluding hydrogens is 486 g/mol. The number of esters is 3. The van der Waals surface area contributed by atoms with Crippen LogP contribution in [0.4, 0.5) is 0 Å². The van der Waals surface area contributed by atoms with E-state index in [0.717, 1.165) is 0 Å². The molecule has 12 heteroatoms. The second kappa shape index (κ2) is 12.2. The van der Waals surface area contributed by atoms with E-state index in [-0.39, 0.29) is 12.2 Å². The number of hydrogen-bond donors (Lipinski definition) is 2. The van der Waals surface area contributed by atoms with Crippen LogP contribution < -0.4 is 10.1 Å². The number of cyclic esters (lactones) is 2. The summed E-state index contributed by atoms with van der Waals surface area (Å²) in [4.78, 5) is 59.2. The quantitative estimate of drug-likeness (QED) is 0.402. The molecule has 0 aromatic carbocycles. The molecule has 4 atom stereocenters. The summed E-state index contributed by atoms with van der Waals surface area (Å²) in [6, 6.07) is 3.37. The van der Waals surface area contributed by atoms with Crippen LogP contribution in [0.15, 0.2) is 36.8 Å². The Bertz CT molecular complexity index is 1140. The van der Waals surface area contributed by atoms with Gasteiger partial charge in [-0.15, -0.1) is 0 Å². The third kappa shape index (κ3) is 6.72. The van der Waals surface area contributed by atoms with E-state index in [1.54, 1.807) is 38.4 Å². The smallest absolute Gasteiger partial charge is 0.332 e. The molecule has 0 unspecified atom stereocenters. The van der Waals surface area contributed by atoms with Gasteiger partial charge in [-0.1, -0.05) is 19.9 Å². The van der Waals surface area contributed by atoms with E-state index in [1.807, 2.05) is 0 Å². The van der Waals surface area contributed by atoms with Crippen molar-refractivity contribution in [3.63, 3.8) is 0 Å². The van der Waals surface area contributed by atoms with Crippen LogP contribution in [0.1, 0.15) is 36.8 Å². The molecule has 0 spiro atoms. The lowest BCUT2D eigenvalue weighted by molar-refractivity contribution is -0.176. The van der Waals surface area contributed by atoms with Crippen LogP contribution in [0.25, 0.3) is 0 Å². The van der Waals surface area contributed by atoms with Gasteiger partial charge in [0, 0.05) is 24.7 Å². The van der Waals surface area contributed by atoms with Gasteiger partial charge in [-0.2, -0.15) is 0 Å². The maximum Gasteiger partial charge on any atom is 0.332 e. The van der Waals surface area contributed by atoms with Crippen molar-refractivity contribution in [2.24, 2.45) is 11.8 Å². The average Bonchev–Trinajstić information content (AvgIpc) is 2.91. The van der Waals surface area contributed by atoms with Crippen molar-refractivity contribution in [3.05, 3.63) is 48.0 Å². The van der Waals surface area contributed by atoms with E-state index in [4.69, 9.17) is 18.9 Å². The summed E-state index contributed by atoms with van der Waals surface area (Å²) >= 11 is 0. The molecule has 3 heterocycles. The fraction of sp³-hybridized carbons (Fsp3) is 0.440. The highest BCUT2D eigenvalue weighted by Gasteiger charge is 2.42. The van der Waals surface area contributed by atoms with Gasteiger partial charge in [0.1, 0.15) is 18.6 Å². The number of methoxy groups -OCH3 is 1. The maximum atomic E-state index is 13.2. The topological polar surface area (TPSA) is 163 Å². The van der Waals surface area contributed by atoms with Crippen molar-refractivity contribution in [1.82, 2.24) is 15.3 Å². The molecule has 2 aromatic rings. The van der Waals surface area contributed by atoms with E-state index in [2.05, 4.69) is 15.3 Å². The number of nitrogens with zero attached hydrogens (tertiary/aromatic N) is 2. The summed E-state index contributed by atoms with van der Waals surface area (Å²) in [5.74, 6) is -5.22. The second-order valence-electron chi connectivity index (χ2n) is 8.74. The Morgan fingerprint density at radius 2 is 1.97 bits per heavy atom. The number of carbonyl (C=O) groups is 4. The SMILES string of the molecule is COc1ccnc(C(=O)N[C@H]2COC(=O)[C@H](Cc3cccnc3)[C@@H](OC(=O)C(C)C)[C@H](C)OC2=O)c1O. The molecule has 2 aromatic heterocycles. The number of ether oxygens (including phenoxy) is 4. The summed E-state index contributed by atoms with van der Waals surface area (Å²) in [5, 5.41) is 12.6. The molecule has 3 rings (SSSR count). The van der Waals surface area contributed by atoms with Gasteiger partial charge in [0.25, 0.3) is 5.91 Å². The van der Waals surface area contributed by atoms with Gasteiger partial charge in [-0.05, 0) is 25.0 Å². The average molecular weight is 516 g/mol. The Kier molecular flexibility index (Phi) is 8.99. The van der Waals surface area contributed by atoms with Gasteiger partial charge < -0.3 is 29.4 Å². The Morgan fingerprint density at radius 3 is 2.62 bits per heavy atom. The molecule has 12 nitrogen and oxygen atoms in total. The lowest BCUT2D eigenvalue weighted by Crippen LogP contribution is -2.47. The summed E-state index contributed by atoms with van der Waals surface area (Å²) in [7, 11) is 1.30. The third-order valence-electron chi connectivity index (χ3n) is 5.67. The normalized spacial score (nSPS) is 22.1. The Morgan fingerprint density at radius 1 is 1.22 bits per heavy atom. The summed E-state index contributed by atoms with van der Waals surface area (Å²) in [5.41, 5.74) is 0.279. The van der Waals surface area contributed by atoms with E-state index in [9.17, 15) is 24.3 Å². The largest absolute Gasteiger partial charge is 0.503 e. The van der Waals surface area contributed by atoms with Crippen LogP contribution >= 0.6 is 0 Å². The minimum Gasteiger partial charge on any atom is -0.503 e. The fourth-order valence-electron chi connectivity index (χ4n) is 3.65. The number of amides is 1. The molecule has 1 saturated heterocycles. The zero-order chi connectivity index (χ0) is 27.1. The first-order valence-electron chi connectivity index (χ1n) is 11.6. The van der Waals surface area contributed by atoms with Gasteiger partial charge in [-0.25, -0.2) is 9.78 Å². The number of nitrogens with one attached hydrogen (secondary N) is 1. The number of rotatable bonds is 7. The van der Waals surface area contributed by atoms with Gasteiger partial charge >= 0.3 is 17.9 Å². The van der Waals surface area contributed by atoms with Crippen molar-refractivity contribution in [1.29, 1.82) is 0 Å². The highest BCUT2D eigenvalue weighted by atomic mass is 16.6. The molecule has 0 aliphatic carbocycles. The van der Waals surface area contributed by atoms with Gasteiger partial charge in [-0.3, -0.25) is 19.4 Å². The first-order valence-corrected chi connectivity index (χ1v) is 11.6. The minimum atomic E-state index is -1.43. The highest BCUT2D eigenvalue weighted by Crippen LogP contribution is 2.28. The van der Waals surface area contributed by atoms with Crippen LogP contribution in [0.5, 0.6) is 11.5 Å². The van der Waals surface area contributed by atoms with Gasteiger partial charge in [0.05, 0.1) is 13.0 Å². The summed E-state index contributed by atoms with van der Waals surface area (Å²) < 4.78 is 21.5. The highest BCUT2D eigenvalue weighted by molar-refractivity contribution is 5.98. The van der Waals surface area contributed by atoms with Crippen LogP contribution in [-0.4, -0.2) is 70.9 Å². The third-order valence-corrected chi connectivity index (χ3v) is 5.67. The molecular formula is C25H29N3O9. The van der Waals surface area contributed by atoms with Crippen molar-refractivity contribution in [3.8, 4) is 11.5 Å². The molecule has 1 aliphatic rings. The van der Waals surface area contributed by atoms with Crippen LogP contribution in [-0.2, 0) is 35.0 Å². The molecule has 1 aliphatic heterocycles. The Labute approximate surface area is 213 Å². The number of pyridine rings is 2. The predicted octanol–water partition coefficient (Wildman–Crippen LogP) is 1.20. The first kappa shape index (κ1) is 27.4. The first-order chi connectivity index (χ1) is 17.6. The van der Waals surface area contributed by atoms with Crippen molar-refractivity contribution >= 4 is 23.8 Å². The Balaban J connectivity index is 1.87. The molecule has 0 bridgehead atoms. The molecule has 1 amide bonds. The number of hydrogen-bond acceptors (Lipinski definition) is 11. The van der Waals surface area contributed by atoms with E-state index in [1.165, 1.54) is 26.3 Å². The summed E-state index contributed by atoms with van der Waals surface area (Å²) in [6.07, 6.45) is 2.26. The molecule has 2 N–H and O–H groups in total. The van der Waals surface area contributed by atoms with Crippen LogP contribution in [0, 0.1) is 11.8 Å². The lowest BCUT2D eigenvalue weighted by atomic mass is 9.91. The number of aromatic hydroxyl groups is 1. The second-order valence-corrected chi connectivity index (χ2v) is 8.74. The van der Waals surface area contributed by atoms with E-state index >= 15 is 0 Å². The number of aromatic nitrogens is 2. The molecule has 198 valence electrons. The Hall–Kier alpha value is -4.22. The predicted molar refractivity (Wildman–Crippen MR) is 126 cm³/mol. The van der Waals surface area contributed by atoms with E-state index in [0.29, 0.717) is 5.56 Å².